The van der Waals surface area contributed by atoms with E-state index in [0.29, 0.717) is 23.1 Å². The van der Waals surface area contributed by atoms with E-state index in [0.717, 1.165) is 11.8 Å². The molecule has 1 amide bonds. The molecule has 0 aliphatic carbocycles. The SMILES string of the molecule is CCNC(=O)CSc1nnc(-c2ccc(OC(F)F)cc2)n1N. The number of carbonyl (C=O) groups is 1. The monoisotopic (exact) mass is 343 g/mol. The number of amides is 1. The number of nitrogens with one attached hydrogen (secondary N) is 1. The van der Waals surface area contributed by atoms with Gasteiger partial charge in [0.1, 0.15) is 5.75 Å². The van der Waals surface area contributed by atoms with Gasteiger partial charge in [0.2, 0.25) is 11.1 Å². The Morgan fingerprint density at radius 2 is 2.09 bits per heavy atom. The number of halogens is 2. The number of nitrogens with two attached hydrogens (primary N) is 1. The Hall–Kier alpha value is -2.36. The van der Waals surface area contributed by atoms with Gasteiger partial charge in [-0.1, -0.05) is 11.8 Å². The van der Waals surface area contributed by atoms with Crippen molar-refractivity contribution >= 4 is 17.7 Å². The van der Waals surface area contributed by atoms with Crippen molar-refractivity contribution in [2.45, 2.75) is 18.7 Å². The zero-order valence-electron chi connectivity index (χ0n) is 12.2. The van der Waals surface area contributed by atoms with Crippen molar-refractivity contribution in [1.29, 1.82) is 0 Å². The number of rotatable bonds is 7. The highest BCUT2D eigenvalue weighted by Crippen LogP contribution is 2.24. The first kappa shape index (κ1) is 17.0. The Balaban J connectivity index is 2.07. The van der Waals surface area contributed by atoms with Crippen LogP contribution < -0.4 is 15.9 Å². The molecule has 7 nitrogen and oxygen atoms in total. The summed E-state index contributed by atoms with van der Waals surface area (Å²) >= 11 is 1.15. The smallest absolute Gasteiger partial charge is 0.387 e. The lowest BCUT2D eigenvalue weighted by atomic mass is 10.2. The Bertz CT molecular complexity index is 663. The second-order valence-corrected chi connectivity index (χ2v) is 5.26. The van der Waals surface area contributed by atoms with E-state index in [-0.39, 0.29) is 17.4 Å². The van der Waals surface area contributed by atoms with Crippen LogP contribution in [0.25, 0.3) is 11.4 Å². The summed E-state index contributed by atoms with van der Waals surface area (Å²) in [7, 11) is 0. The van der Waals surface area contributed by atoms with E-state index in [1.54, 1.807) is 12.1 Å². The number of hydrogen-bond donors (Lipinski definition) is 2. The Morgan fingerprint density at radius 1 is 1.39 bits per heavy atom. The maximum atomic E-state index is 12.1. The van der Waals surface area contributed by atoms with Gasteiger partial charge in [-0.25, -0.2) is 4.68 Å². The third-order valence-corrected chi connectivity index (χ3v) is 3.65. The van der Waals surface area contributed by atoms with E-state index >= 15 is 0 Å². The van der Waals surface area contributed by atoms with Crippen LogP contribution in [0.1, 0.15) is 6.92 Å². The molecule has 0 aliphatic rings. The summed E-state index contributed by atoms with van der Waals surface area (Å²) in [6.45, 7) is -0.503. The minimum absolute atomic E-state index is 0.0395. The van der Waals surface area contributed by atoms with E-state index in [1.807, 2.05) is 6.92 Å². The number of hydrogen-bond acceptors (Lipinski definition) is 6. The molecule has 0 unspecified atom stereocenters. The first-order valence-electron chi connectivity index (χ1n) is 6.66. The number of nitrogens with zero attached hydrogens (tertiary/aromatic N) is 3. The fourth-order valence-corrected chi connectivity index (χ4v) is 2.42. The van der Waals surface area contributed by atoms with Crippen LogP contribution in [0, 0.1) is 0 Å². The quantitative estimate of drug-likeness (QED) is 0.584. The molecular weight excluding hydrogens is 328 g/mol. The van der Waals surface area contributed by atoms with Crippen LogP contribution in [0.3, 0.4) is 0 Å². The molecule has 3 N–H and O–H groups in total. The van der Waals surface area contributed by atoms with Gasteiger partial charge in [-0.3, -0.25) is 4.79 Å². The largest absolute Gasteiger partial charge is 0.435 e. The van der Waals surface area contributed by atoms with E-state index in [9.17, 15) is 13.6 Å². The van der Waals surface area contributed by atoms with Crippen LogP contribution >= 0.6 is 11.8 Å². The summed E-state index contributed by atoms with van der Waals surface area (Å²) in [4.78, 5) is 11.4. The lowest BCUT2D eigenvalue weighted by molar-refractivity contribution is -0.118. The van der Waals surface area contributed by atoms with Crippen molar-refractivity contribution in [3.63, 3.8) is 0 Å². The highest BCUT2D eigenvalue weighted by molar-refractivity contribution is 7.99. The molecule has 0 fully saturated rings. The number of aromatic nitrogens is 3. The summed E-state index contributed by atoms with van der Waals surface area (Å²) < 4.78 is 29.7. The van der Waals surface area contributed by atoms with Crippen LogP contribution in [-0.2, 0) is 4.79 Å². The number of alkyl halides is 2. The molecule has 0 spiro atoms. The summed E-state index contributed by atoms with van der Waals surface area (Å²) in [5.41, 5.74) is 0.589. The van der Waals surface area contributed by atoms with Crippen molar-refractivity contribution in [3.8, 4) is 17.1 Å². The van der Waals surface area contributed by atoms with Crippen molar-refractivity contribution in [2.75, 3.05) is 18.1 Å². The van der Waals surface area contributed by atoms with Gasteiger partial charge in [-0.2, -0.15) is 8.78 Å². The second kappa shape index (κ2) is 7.77. The predicted octanol–water partition coefficient (Wildman–Crippen LogP) is 1.49. The number of thioether (sulfide) groups is 1. The van der Waals surface area contributed by atoms with E-state index in [4.69, 9.17) is 5.84 Å². The molecule has 2 rings (SSSR count). The number of nitrogen functional groups attached to an aromatic ring is 1. The van der Waals surface area contributed by atoms with Gasteiger partial charge >= 0.3 is 6.61 Å². The highest BCUT2D eigenvalue weighted by atomic mass is 32.2. The van der Waals surface area contributed by atoms with Gasteiger partial charge in [0.05, 0.1) is 5.75 Å². The van der Waals surface area contributed by atoms with Crippen molar-refractivity contribution < 1.29 is 18.3 Å². The highest BCUT2D eigenvalue weighted by Gasteiger charge is 2.14. The molecule has 0 saturated heterocycles. The first-order chi connectivity index (χ1) is 11.0. The van der Waals surface area contributed by atoms with E-state index < -0.39 is 6.61 Å². The average Bonchev–Trinajstić information content (AvgIpc) is 2.87. The zero-order chi connectivity index (χ0) is 16.8. The van der Waals surface area contributed by atoms with Gasteiger partial charge in [0.15, 0.2) is 5.82 Å². The number of ether oxygens (including phenoxy) is 1. The third kappa shape index (κ3) is 4.55. The van der Waals surface area contributed by atoms with Gasteiger partial charge in [0, 0.05) is 12.1 Å². The van der Waals surface area contributed by atoms with Crippen molar-refractivity contribution in [1.82, 2.24) is 20.2 Å². The Labute approximate surface area is 135 Å². The first-order valence-corrected chi connectivity index (χ1v) is 7.65. The molecule has 0 aliphatic heterocycles. The summed E-state index contributed by atoms with van der Waals surface area (Å²) in [5, 5.41) is 10.9. The van der Waals surface area contributed by atoms with Crippen LogP contribution in [0.4, 0.5) is 8.78 Å². The Kier molecular flexibility index (Phi) is 5.74. The summed E-state index contributed by atoms with van der Waals surface area (Å²) in [6.07, 6.45) is 0. The molecule has 0 bridgehead atoms. The molecular formula is C13H15F2N5O2S. The van der Waals surface area contributed by atoms with Crippen LogP contribution in [0.2, 0.25) is 0 Å². The van der Waals surface area contributed by atoms with Crippen LogP contribution in [-0.4, -0.2) is 39.7 Å². The van der Waals surface area contributed by atoms with Gasteiger partial charge in [0.25, 0.3) is 0 Å². The molecule has 23 heavy (non-hydrogen) atoms. The molecule has 0 radical (unpaired) electrons. The van der Waals surface area contributed by atoms with Crippen molar-refractivity contribution in [3.05, 3.63) is 24.3 Å². The Morgan fingerprint density at radius 3 is 2.70 bits per heavy atom. The van der Waals surface area contributed by atoms with E-state index in [1.165, 1.54) is 16.8 Å². The normalized spacial score (nSPS) is 10.8. The molecule has 0 saturated carbocycles. The van der Waals surface area contributed by atoms with Crippen LogP contribution in [0.15, 0.2) is 29.4 Å². The predicted molar refractivity (Wildman–Crippen MR) is 81.6 cm³/mol. The molecule has 2 aromatic rings. The molecule has 1 heterocycles. The van der Waals surface area contributed by atoms with Gasteiger partial charge in [-0.15, -0.1) is 10.2 Å². The van der Waals surface area contributed by atoms with Crippen LogP contribution in [0.5, 0.6) is 5.75 Å². The number of carbonyl (C=O) groups excluding carboxylic acids is 1. The van der Waals surface area contributed by atoms with Crippen molar-refractivity contribution in [2.24, 2.45) is 0 Å². The van der Waals surface area contributed by atoms with Gasteiger partial charge < -0.3 is 15.9 Å². The fraction of sp³-hybridized carbons (Fsp3) is 0.308. The maximum Gasteiger partial charge on any atom is 0.387 e. The lowest BCUT2D eigenvalue weighted by Crippen LogP contribution is -2.24. The van der Waals surface area contributed by atoms with Gasteiger partial charge in [-0.05, 0) is 31.2 Å². The summed E-state index contributed by atoms with van der Waals surface area (Å²) in [5.74, 6) is 6.34. The average molecular weight is 343 g/mol. The standard InChI is InChI=1S/C13H15F2N5O2S/c1-2-17-10(21)7-23-13-19-18-11(20(13)16)8-3-5-9(6-4-8)22-12(14)15/h3-6,12H,2,7,16H2,1H3,(H,17,21). The fourth-order valence-electron chi connectivity index (χ4n) is 1.74. The zero-order valence-corrected chi connectivity index (χ0v) is 13.0. The summed E-state index contributed by atoms with van der Waals surface area (Å²) in [6, 6.07) is 5.86. The molecule has 1 aromatic carbocycles. The van der Waals surface area contributed by atoms with E-state index in [2.05, 4.69) is 20.3 Å². The topological polar surface area (TPSA) is 95.1 Å². The third-order valence-electron chi connectivity index (χ3n) is 2.71. The second-order valence-electron chi connectivity index (χ2n) is 4.32. The minimum atomic E-state index is -2.88. The lowest BCUT2D eigenvalue weighted by Gasteiger charge is -2.06. The molecule has 1 aromatic heterocycles. The molecule has 10 heteroatoms. The minimum Gasteiger partial charge on any atom is -0.435 e. The molecule has 124 valence electrons. The number of benzene rings is 1. The maximum absolute atomic E-state index is 12.1. The molecule has 0 atom stereocenters.